The van der Waals surface area contributed by atoms with Gasteiger partial charge in [-0.2, -0.15) is 5.10 Å². The monoisotopic (exact) mass is 344 g/mol. The summed E-state index contributed by atoms with van der Waals surface area (Å²) >= 11 is 3.36. The Kier molecular flexibility index (Phi) is 4.91. The zero-order valence-corrected chi connectivity index (χ0v) is 13.9. The highest BCUT2D eigenvalue weighted by atomic mass is 79.9. The van der Waals surface area contributed by atoms with Crippen molar-refractivity contribution in [3.05, 3.63) is 69.2 Å². The van der Waals surface area contributed by atoms with E-state index in [9.17, 15) is 4.79 Å². The second kappa shape index (κ2) is 6.68. The zero-order chi connectivity index (χ0) is 15.4. The number of carbonyl (C=O) groups is 1. The fraction of sp³-hybridized carbons (Fsp3) is 0.176. The van der Waals surface area contributed by atoms with Crippen LogP contribution in [0, 0.1) is 13.8 Å². The Bertz CT molecular complexity index is 708. The number of hydrogen-bond donors (Lipinski definition) is 1. The Labute approximate surface area is 133 Å². The third kappa shape index (κ3) is 3.79. The average Bonchev–Trinajstić information content (AvgIpc) is 2.47. The molecule has 0 saturated carbocycles. The van der Waals surface area contributed by atoms with Gasteiger partial charge in [-0.05, 0) is 71.6 Å². The van der Waals surface area contributed by atoms with Crippen molar-refractivity contribution in [2.75, 3.05) is 0 Å². The van der Waals surface area contributed by atoms with Crippen LogP contribution in [0.5, 0.6) is 0 Å². The lowest BCUT2D eigenvalue weighted by Gasteiger charge is -2.06. The summed E-state index contributed by atoms with van der Waals surface area (Å²) in [7, 11) is 0. The van der Waals surface area contributed by atoms with Crippen LogP contribution >= 0.6 is 15.9 Å². The average molecular weight is 345 g/mol. The maximum Gasteiger partial charge on any atom is 0.272 e. The number of nitrogens with zero attached hydrogens (tertiary/aromatic N) is 1. The summed E-state index contributed by atoms with van der Waals surface area (Å²) in [6, 6.07) is 13.4. The van der Waals surface area contributed by atoms with Crippen molar-refractivity contribution in [3.8, 4) is 0 Å². The molecule has 108 valence electrons. The number of carbonyl (C=O) groups excluding carboxylic acids is 1. The fourth-order valence-corrected chi connectivity index (χ4v) is 2.34. The topological polar surface area (TPSA) is 41.5 Å². The predicted octanol–water partition coefficient (Wildman–Crippen LogP) is 4.22. The van der Waals surface area contributed by atoms with Crippen LogP contribution < -0.4 is 5.43 Å². The van der Waals surface area contributed by atoms with Gasteiger partial charge in [0.1, 0.15) is 0 Å². The minimum Gasteiger partial charge on any atom is -0.267 e. The first-order valence-electron chi connectivity index (χ1n) is 6.66. The molecule has 0 bridgehead atoms. The molecule has 0 aliphatic carbocycles. The fourth-order valence-electron chi connectivity index (χ4n) is 1.87. The van der Waals surface area contributed by atoms with Gasteiger partial charge in [0.2, 0.25) is 0 Å². The normalized spacial score (nSPS) is 11.3. The van der Waals surface area contributed by atoms with Crippen LogP contribution in [0.4, 0.5) is 0 Å². The molecular weight excluding hydrogens is 328 g/mol. The molecule has 0 heterocycles. The van der Waals surface area contributed by atoms with Gasteiger partial charge in [-0.25, -0.2) is 5.43 Å². The number of halogens is 1. The van der Waals surface area contributed by atoms with Crippen LogP contribution in [0.15, 0.2) is 52.0 Å². The van der Waals surface area contributed by atoms with Gasteiger partial charge >= 0.3 is 0 Å². The molecule has 0 spiro atoms. The zero-order valence-electron chi connectivity index (χ0n) is 12.3. The van der Waals surface area contributed by atoms with Gasteiger partial charge < -0.3 is 0 Å². The molecule has 3 nitrogen and oxygen atoms in total. The summed E-state index contributed by atoms with van der Waals surface area (Å²) in [5.74, 6) is -0.231. The molecule has 2 rings (SSSR count). The third-order valence-corrected chi connectivity index (χ3v) is 4.06. The largest absolute Gasteiger partial charge is 0.272 e. The first-order valence-corrected chi connectivity index (χ1v) is 7.45. The van der Waals surface area contributed by atoms with Gasteiger partial charge in [0.25, 0.3) is 5.91 Å². The van der Waals surface area contributed by atoms with E-state index in [2.05, 4.69) is 52.4 Å². The third-order valence-electron chi connectivity index (χ3n) is 3.37. The van der Waals surface area contributed by atoms with Crippen LogP contribution in [0.3, 0.4) is 0 Å². The Morgan fingerprint density at radius 1 is 1.10 bits per heavy atom. The summed E-state index contributed by atoms with van der Waals surface area (Å²) < 4.78 is 0.751. The Morgan fingerprint density at radius 3 is 2.48 bits per heavy atom. The molecule has 0 saturated heterocycles. The highest BCUT2D eigenvalue weighted by molar-refractivity contribution is 9.10. The van der Waals surface area contributed by atoms with E-state index < -0.39 is 0 Å². The number of rotatable bonds is 3. The van der Waals surface area contributed by atoms with Crippen molar-refractivity contribution < 1.29 is 4.79 Å². The molecule has 0 aliphatic rings. The van der Waals surface area contributed by atoms with E-state index in [-0.39, 0.29) is 5.91 Å². The van der Waals surface area contributed by atoms with Crippen LogP contribution in [0.25, 0.3) is 0 Å². The molecule has 0 radical (unpaired) electrons. The highest BCUT2D eigenvalue weighted by Crippen LogP contribution is 2.15. The summed E-state index contributed by atoms with van der Waals surface area (Å²) in [6.07, 6.45) is 0. The van der Waals surface area contributed by atoms with E-state index in [0.29, 0.717) is 5.56 Å². The summed E-state index contributed by atoms with van der Waals surface area (Å²) in [6.45, 7) is 6.01. The molecule has 0 fully saturated rings. The highest BCUT2D eigenvalue weighted by Gasteiger charge is 2.08. The minimum absolute atomic E-state index is 0.231. The van der Waals surface area contributed by atoms with Crippen LogP contribution in [-0.4, -0.2) is 11.6 Å². The number of nitrogens with one attached hydrogen (secondary N) is 1. The number of benzene rings is 2. The quantitative estimate of drug-likeness (QED) is 0.657. The van der Waals surface area contributed by atoms with E-state index in [4.69, 9.17) is 0 Å². The standard InChI is InChI=1S/C17H17BrN2O/c1-11-8-9-14(10-12(11)2)13(3)19-20-17(21)15-6-4-5-7-16(15)18/h4-10H,1-3H3,(H,20,21). The predicted molar refractivity (Wildman–Crippen MR) is 89.7 cm³/mol. The molecular formula is C17H17BrN2O. The van der Waals surface area contributed by atoms with Gasteiger partial charge in [-0.3, -0.25) is 4.79 Å². The van der Waals surface area contributed by atoms with Crippen molar-refractivity contribution >= 4 is 27.5 Å². The Balaban J connectivity index is 2.15. The summed E-state index contributed by atoms with van der Waals surface area (Å²) in [4.78, 5) is 12.1. The van der Waals surface area contributed by atoms with Gasteiger partial charge in [0.15, 0.2) is 0 Å². The van der Waals surface area contributed by atoms with Crippen LogP contribution in [0.1, 0.15) is 34.0 Å². The smallest absolute Gasteiger partial charge is 0.267 e. The van der Waals surface area contributed by atoms with Gasteiger partial charge in [-0.1, -0.05) is 24.3 Å². The molecule has 0 aliphatic heterocycles. The molecule has 21 heavy (non-hydrogen) atoms. The molecule has 0 atom stereocenters. The SMILES string of the molecule is CC(=NNC(=O)c1ccccc1Br)c1ccc(C)c(C)c1. The lowest BCUT2D eigenvalue weighted by atomic mass is 10.0. The molecule has 4 heteroatoms. The second-order valence-electron chi connectivity index (χ2n) is 4.92. The van der Waals surface area contributed by atoms with Crippen LogP contribution in [0.2, 0.25) is 0 Å². The minimum atomic E-state index is -0.231. The van der Waals surface area contributed by atoms with Gasteiger partial charge in [0, 0.05) is 4.47 Å². The molecule has 1 amide bonds. The van der Waals surface area contributed by atoms with Crippen molar-refractivity contribution in [1.29, 1.82) is 0 Å². The number of hydrogen-bond acceptors (Lipinski definition) is 2. The second-order valence-corrected chi connectivity index (χ2v) is 5.77. The molecule has 1 N–H and O–H groups in total. The number of hydrazone groups is 1. The molecule has 0 unspecified atom stereocenters. The Hall–Kier alpha value is -1.94. The first-order chi connectivity index (χ1) is 9.99. The molecule has 0 aromatic heterocycles. The lowest BCUT2D eigenvalue weighted by molar-refractivity contribution is 0.0954. The maximum absolute atomic E-state index is 12.1. The van der Waals surface area contributed by atoms with Gasteiger partial charge in [0.05, 0.1) is 11.3 Å². The van der Waals surface area contributed by atoms with E-state index in [1.165, 1.54) is 11.1 Å². The van der Waals surface area contributed by atoms with E-state index in [0.717, 1.165) is 15.7 Å². The lowest BCUT2D eigenvalue weighted by Crippen LogP contribution is -2.19. The summed E-state index contributed by atoms with van der Waals surface area (Å²) in [5.41, 5.74) is 7.38. The van der Waals surface area contributed by atoms with E-state index >= 15 is 0 Å². The van der Waals surface area contributed by atoms with Gasteiger partial charge in [-0.15, -0.1) is 0 Å². The Morgan fingerprint density at radius 2 is 1.81 bits per heavy atom. The van der Waals surface area contributed by atoms with Crippen molar-refractivity contribution in [2.45, 2.75) is 20.8 Å². The molecule has 2 aromatic rings. The first kappa shape index (κ1) is 15.4. The van der Waals surface area contributed by atoms with Crippen LogP contribution in [-0.2, 0) is 0 Å². The summed E-state index contributed by atoms with van der Waals surface area (Å²) in [5, 5.41) is 4.18. The number of amides is 1. The van der Waals surface area contributed by atoms with Crippen molar-refractivity contribution in [2.24, 2.45) is 5.10 Å². The number of aryl methyl sites for hydroxylation is 2. The van der Waals surface area contributed by atoms with Crippen molar-refractivity contribution in [1.82, 2.24) is 5.43 Å². The van der Waals surface area contributed by atoms with Crippen molar-refractivity contribution in [3.63, 3.8) is 0 Å². The van der Waals surface area contributed by atoms with E-state index in [1.54, 1.807) is 6.07 Å². The maximum atomic E-state index is 12.1. The molecule has 2 aromatic carbocycles. The van der Waals surface area contributed by atoms with E-state index in [1.807, 2.05) is 31.2 Å².